The van der Waals surface area contributed by atoms with Crippen LogP contribution >= 0.6 is 0 Å². The molecule has 184 valence electrons. The van der Waals surface area contributed by atoms with Gasteiger partial charge in [0.15, 0.2) is 0 Å². The summed E-state index contributed by atoms with van der Waals surface area (Å²) in [6.45, 7) is 1.96. The molecule has 5 rings (SSSR count). The van der Waals surface area contributed by atoms with Crippen LogP contribution in [0.2, 0.25) is 0 Å². The number of carbonyl (C=O) groups excluding carboxylic acids is 1. The summed E-state index contributed by atoms with van der Waals surface area (Å²) >= 11 is 0. The molecule has 1 amide bonds. The molecule has 36 heavy (non-hydrogen) atoms. The Balaban J connectivity index is 1.68. The Labute approximate surface area is 208 Å². The van der Waals surface area contributed by atoms with Gasteiger partial charge in [0.2, 0.25) is 0 Å². The van der Waals surface area contributed by atoms with Crippen LogP contribution in [0.15, 0.2) is 76.0 Å². The molecule has 0 unspecified atom stereocenters. The fourth-order valence-corrected chi connectivity index (χ4v) is 6.02. The van der Waals surface area contributed by atoms with Crippen LogP contribution in [-0.2, 0) is 29.3 Å². The lowest BCUT2D eigenvalue weighted by molar-refractivity contribution is -0.384. The van der Waals surface area contributed by atoms with Crippen LogP contribution in [0.3, 0.4) is 0 Å². The van der Waals surface area contributed by atoms with E-state index in [4.69, 9.17) is 4.42 Å². The van der Waals surface area contributed by atoms with Crippen molar-refractivity contribution in [2.45, 2.75) is 43.9 Å². The molecule has 8 nitrogen and oxygen atoms in total. The highest BCUT2D eigenvalue weighted by atomic mass is 32.2. The van der Waals surface area contributed by atoms with Crippen LogP contribution in [0.1, 0.15) is 47.0 Å². The predicted molar refractivity (Wildman–Crippen MR) is 136 cm³/mol. The van der Waals surface area contributed by atoms with E-state index in [2.05, 4.69) is 0 Å². The van der Waals surface area contributed by atoms with Gasteiger partial charge in [0.1, 0.15) is 11.3 Å². The van der Waals surface area contributed by atoms with Gasteiger partial charge in [-0.1, -0.05) is 25.1 Å². The predicted octanol–water partition coefficient (Wildman–Crippen LogP) is 5.82. The van der Waals surface area contributed by atoms with Crippen LogP contribution in [0.5, 0.6) is 0 Å². The Hall–Kier alpha value is -3.98. The van der Waals surface area contributed by atoms with Gasteiger partial charge in [-0.3, -0.25) is 14.9 Å². The molecule has 0 radical (unpaired) electrons. The number of amides is 1. The van der Waals surface area contributed by atoms with Crippen molar-refractivity contribution in [3.63, 3.8) is 0 Å². The standard InChI is InChI=1S/C27H24N2O6S/c1-2-18-10-13-22(14-11-18)36(33,34)28(27(30)19-6-5-7-21(16-19)29(31)32)20-12-15-26-24(17-20)23-8-3-4-9-25(23)35-26/h5-7,10-17H,2-4,8-9H2,1H3. The minimum atomic E-state index is -4.35. The lowest BCUT2D eigenvalue weighted by atomic mass is 9.96. The lowest BCUT2D eigenvalue weighted by Gasteiger charge is -2.23. The van der Waals surface area contributed by atoms with Crippen LogP contribution in [0, 0.1) is 10.1 Å². The summed E-state index contributed by atoms with van der Waals surface area (Å²) in [6.07, 6.45) is 4.40. The Morgan fingerprint density at radius 3 is 2.50 bits per heavy atom. The molecule has 1 aromatic heterocycles. The zero-order chi connectivity index (χ0) is 25.4. The fourth-order valence-electron chi connectivity index (χ4n) is 4.61. The molecular weight excluding hydrogens is 480 g/mol. The molecule has 3 aromatic carbocycles. The monoisotopic (exact) mass is 504 g/mol. The van der Waals surface area contributed by atoms with E-state index in [9.17, 15) is 23.3 Å². The molecule has 0 atom stereocenters. The van der Waals surface area contributed by atoms with Crippen molar-refractivity contribution in [1.29, 1.82) is 0 Å². The zero-order valence-electron chi connectivity index (χ0n) is 19.6. The van der Waals surface area contributed by atoms with Crippen LogP contribution in [0.25, 0.3) is 11.0 Å². The first-order valence-electron chi connectivity index (χ1n) is 11.8. The van der Waals surface area contributed by atoms with Crippen LogP contribution < -0.4 is 4.31 Å². The molecule has 4 aromatic rings. The average molecular weight is 505 g/mol. The van der Waals surface area contributed by atoms with Gasteiger partial charge in [-0.2, -0.15) is 4.31 Å². The summed E-state index contributed by atoms with van der Waals surface area (Å²) in [4.78, 5) is 24.4. The van der Waals surface area contributed by atoms with E-state index in [0.717, 1.165) is 64.7 Å². The summed E-state index contributed by atoms with van der Waals surface area (Å²) in [6, 6.07) is 16.3. The van der Waals surface area contributed by atoms with Crippen LogP contribution in [-0.4, -0.2) is 19.2 Å². The number of nitro groups is 1. The number of hydrogen-bond acceptors (Lipinski definition) is 6. The number of carbonyl (C=O) groups is 1. The van der Waals surface area contributed by atoms with Gasteiger partial charge in [-0.25, -0.2) is 8.42 Å². The number of benzene rings is 3. The molecule has 0 saturated carbocycles. The van der Waals surface area contributed by atoms with E-state index in [1.54, 1.807) is 24.3 Å². The number of hydrogen-bond donors (Lipinski definition) is 0. The number of non-ortho nitro benzene ring substituents is 1. The number of nitro benzene ring substituents is 1. The number of anilines is 1. The summed E-state index contributed by atoms with van der Waals surface area (Å²) in [7, 11) is -4.35. The highest BCUT2D eigenvalue weighted by Gasteiger charge is 2.33. The molecule has 0 fully saturated rings. The molecule has 0 aliphatic heterocycles. The summed E-state index contributed by atoms with van der Waals surface area (Å²) < 4.78 is 34.5. The maximum atomic E-state index is 13.9. The Kier molecular flexibility index (Phi) is 6.09. The Morgan fingerprint density at radius 1 is 1.03 bits per heavy atom. The van der Waals surface area contributed by atoms with Crippen molar-refractivity contribution < 1.29 is 22.6 Å². The second kappa shape index (κ2) is 9.23. The third-order valence-electron chi connectivity index (χ3n) is 6.53. The van der Waals surface area contributed by atoms with Gasteiger partial charge in [-0.05, 0) is 67.6 Å². The normalized spacial score (nSPS) is 13.4. The summed E-state index contributed by atoms with van der Waals surface area (Å²) in [5.74, 6) is 0.0120. The molecule has 1 heterocycles. The maximum Gasteiger partial charge on any atom is 0.272 e. The van der Waals surface area contributed by atoms with E-state index in [0.29, 0.717) is 5.58 Å². The number of fused-ring (bicyclic) bond motifs is 3. The van der Waals surface area contributed by atoms with Crippen molar-refractivity contribution in [2.75, 3.05) is 4.31 Å². The molecule has 1 aliphatic carbocycles. The second-order valence-corrected chi connectivity index (χ2v) is 10.6. The largest absolute Gasteiger partial charge is 0.461 e. The van der Waals surface area contributed by atoms with Crippen molar-refractivity contribution in [2.24, 2.45) is 0 Å². The minimum Gasteiger partial charge on any atom is -0.461 e. The summed E-state index contributed by atoms with van der Waals surface area (Å²) in [5.41, 5.74) is 2.37. The van der Waals surface area contributed by atoms with Crippen molar-refractivity contribution in [1.82, 2.24) is 0 Å². The van der Waals surface area contributed by atoms with Crippen molar-refractivity contribution >= 4 is 38.3 Å². The van der Waals surface area contributed by atoms with Gasteiger partial charge >= 0.3 is 0 Å². The van der Waals surface area contributed by atoms with Gasteiger partial charge in [0.25, 0.3) is 21.6 Å². The molecule has 1 aliphatic rings. The SMILES string of the molecule is CCc1ccc(S(=O)(=O)N(C(=O)c2cccc([N+](=O)[O-])c2)c2ccc3oc4c(c3c2)CCCC4)cc1. The minimum absolute atomic E-state index is 0.0483. The van der Waals surface area contributed by atoms with Gasteiger partial charge in [0, 0.05) is 35.1 Å². The first kappa shape index (κ1) is 23.7. The van der Waals surface area contributed by atoms with Crippen LogP contribution in [0.4, 0.5) is 11.4 Å². The second-order valence-electron chi connectivity index (χ2n) is 8.77. The maximum absolute atomic E-state index is 13.9. The number of furan rings is 1. The van der Waals surface area contributed by atoms with E-state index >= 15 is 0 Å². The van der Waals surface area contributed by atoms with Crippen molar-refractivity contribution in [3.05, 3.63) is 99.3 Å². The van der Waals surface area contributed by atoms with Crippen molar-refractivity contribution in [3.8, 4) is 0 Å². The fraction of sp³-hybridized carbons (Fsp3) is 0.222. The average Bonchev–Trinajstić information content (AvgIpc) is 3.27. The first-order chi connectivity index (χ1) is 17.3. The smallest absolute Gasteiger partial charge is 0.272 e. The molecule has 0 saturated heterocycles. The molecule has 0 spiro atoms. The number of sulfonamides is 1. The topological polar surface area (TPSA) is 111 Å². The highest BCUT2D eigenvalue weighted by Crippen LogP contribution is 2.36. The number of nitrogens with zero attached hydrogens (tertiary/aromatic N) is 2. The highest BCUT2D eigenvalue weighted by molar-refractivity contribution is 7.93. The third kappa shape index (κ3) is 4.15. The van der Waals surface area contributed by atoms with Gasteiger partial charge in [-0.15, -0.1) is 0 Å². The third-order valence-corrected chi connectivity index (χ3v) is 8.26. The summed E-state index contributed by atoms with van der Waals surface area (Å²) in [5, 5.41) is 12.1. The zero-order valence-corrected chi connectivity index (χ0v) is 20.5. The quantitative estimate of drug-likeness (QED) is 0.242. The van der Waals surface area contributed by atoms with Gasteiger partial charge in [0.05, 0.1) is 15.5 Å². The number of aryl methyl sites for hydroxylation is 3. The van der Waals surface area contributed by atoms with E-state index in [1.807, 2.05) is 6.92 Å². The van der Waals surface area contributed by atoms with Gasteiger partial charge < -0.3 is 4.42 Å². The first-order valence-corrected chi connectivity index (χ1v) is 13.2. The lowest BCUT2D eigenvalue weighted by Crippen LogP contribution is -2.37. The number of rotatable bonds is 6. The van der Waals surface area contributed by atoms with E-state index < -0.39 is 20.9 Å². The molecule has 0 N–H and O–H groups in total. The Bertz CT molecular complexity index is 1590. The molecular formula is C27H24N2O6S. The van der Waals surface area contributed by atoms with E-state index in [1.165, 1.54) is 36.4 Å². The Morgan fingerprint density at radius 2 is 1.78 bits per heavy atom. The van der Waals surface area contributed by atoms with E-state index in [-0.39, 0.29) is 21.8 Å². The molecule has 0 bridgehead atoms. The molecule has 9 heteroatoms.